The molecular formula is C22H36N2O3. The number of aliphatic hydroxyl groups is 1. The van der Waals surface area contributed by atoms with Gasteiger partial charge in [0.2, 0.25) is 5.91 Å². The van der Waals surface area contributed by atoms with Crippen molar-refractivity contribution in [2.75, 3.05) is 13.1 Å². The van der Waals surface area contributed by atoms with Gasteiger partial charge in [0, 0.05) is 30.8 Å². The highest BCUT2D eigenvalue weighted by atomic mass is 16.3. The fraction of sp³-hybridized carbons (Fsp3) is 0.818. The van der Waals surface area contributed by atoms with E-state index in [4.69, 9.17) is 5.73 Å². The molecule has 152 valence electrons. The van der Waals surface area contributed by atoms with Gasteiger partial charge in [-0.3, -0.25) is 9.59 Å². The lowest BCUT2D eigenvalue weighted by Crippen LogP contribution is -2.58. The number of ketones is 1. The predicted molar refractivity (Wildman–Crippen MR) is 106 cm³/mol. The molecule has 3 saturated carbocycles. The second-order valence-corrected chi connectivity index (χ2v) is 9.70. The standard InChI is InChI=1S/C22H36N2O3/c1-5-13-14-6-7-17-16(11-18(25)20(26)22(17,3)4)19(14)12(2)10-15(13)21(27)24-9-8-23/h5,12-17,19-20,26H,1,6-11,23H2,2-4H3,(H,24,27)/t12-,13?,14?,15?,16?,17?,19?,20?/m1/s1. The Kier molecular flexibility index (Phi) is 5.83. The minimum absolute atomic E-state index is 0.00735. The molecule has 0 aromatic rings. The number of Topliss-reactive ketones (excluding diaryl/α,β-unsaturated/α-hetero) is 1. The molecule has 0 spiro atoms. The summed E-state index contributed by atoms with van der Waals surface area (Å²) < 4.78 is 0. The van der Waals surface area contributed by atoms with E-state index >= 15 is 0 Å². The molecule has 4 N–H and O–H groups in total. The quantitative estimate of drug-likeness (QED) is 0.656. The SMILES string of the molecule is C=CC1C(C(=O)NCCN)C[C@@H](C)C2C1CCC1C2CC(=O)C(O)C1(C)C. The van der Waals surface area contributed by atoms with E-state index in [2.05, 4.69) is 18.8 Å². The van der Waals surface area contributed by atoms with Gasteiger partial charge < -0.3 is 16.2 Å². The third-order valence-electron chi connectivity index (χ3n) is 8.01. The number of aliphatic hydroxyl groups excluding tert-OH is 1. The van der Waals surface area contributed by atoms with Crippen LogP contribution in [-0.2, 0) is 9.59 Å². The molecule has 0 saturated heterocycles. The minimum atomic E-state index is -0.848. The summed E-state index contributed by atoms with van der Waals surface area (Å²) in [5, 5.41) is 13.4. The summed E-state index contributed by atoms with van der Waals surface area (Å²) in [4.78, 5) is 25.3. The smallest absolute Gasteiger partial charge is 0.223 e. The number of rotatable bonds is 4. The summed E-state index contributed by atoms with van der Waals surface area (Å²) in [5.74, 6) is 2.03. The fourth-order valence-corrected chi connectivity index (χ4v) is 6.78. The molecule has 3 rings (SSSR count). The van der Waals surface area contributed by atoms with Crippen LogP contribution in [0.15, 0.2) is 12.7 Å². The maximum Gasteiger partial charge on any atom is 0.223 e. The summed E-state index contributed by atoms with van der Waals surface area (Å²) in [6.45, 7) is 11.4. The lowest BCUT2D eigenvalue weighted by Gasteiger charge is -2.58. The van der Waals surface area contributed by atoms with Crippen molar-refractivity contribution in [2.45, 2.75) is 52.6 Å². The van der Waals surface area contributed by atoms with Gasteiger partial charge in [-0.2, -0.15) is 0 Å². The van der Waals surface area contributed by atoms with Crippen LogP contribution in [-0.4, -0.2) is 36.0 Å². The number of hydrogen-bond donors (Lipinski definition) is 3. The molecule has 0 radical (unpaired) electrons. The molecule has 0 bridgehead atoms. The maximum atomic E-state index is 12.7. The molecule has 3 fully saturated rings. The molecule has 8 atom stereocenters. The average Bonchev–Trinajstić information content (AvgIpc) is 2.63. The Morgan fingerprint density at radius 2 is 2.07 bits per heavy atom. The normalized spacial score (nSPS) is 43.4. The van der Waals surface area contributed by atoms with Crippen molar-refractivity contribution in [1.29, 1.82) is 0 Å². The number of nitrogens with one attached hydrogen (secondary N) is 1. The predicted octanol–water partition coefficient (Wildman–Crippen LogP) is 2.14. The van der Waals surface area contributed by atoms with Crippen LogP contribution >= 0.6 is 0 Å². The topological polar surface area (TPSA) is 92.4 Å². The molecular weight excluding hydrogens is 340 g/mol. The molecule has 3 aliphatic rings. The van der Waals surface area contributed by atoms with Crippen LogP contribution in [0.25, 0.3) is 0 Å². The maximum absolute atomic E-state index is 12.7. The number of nitrogens with two attached hydrogens (primary N) is 1. The Bertz CT molecular complexity index is 602. The molecule has 5 heteroatoms. The molecule has 0 aromatic heterocycles. The van der Waals surface area contributed by atoms with Gasteiger partial charge in [-0.05, 0) is 54.8 Å². The van der Waals surface area contributed by atoms with Gasteiger partial charge in [0.05, 0.1) is 0 Å². The summed E-state index contributed by atoms with van der Waals surface area (Å²) in [5.41, 5.74) is 5.17. The summed E-state index contributed by atoms with van der Waals surface area (Å²) in [7, 11) is 0. The van der Waals surface area contributed by atoms with Gasteiger partial charge in [-0.15, -0.1) is 6.58 Å². The largest absolute Gasteiger partial charge is 0.385 e. The summed E-state index contributed by atoms with van der Waals surface area (Å²) in [6, 6.07) is 0. The zero-order valence-electron chi connectivity index (χ0n) is 17.0. The number of hydrogen-bond acceptors (Lipinski definition) is 4. The third-order valence-corrected chi connectivity index (χ3v) is 8.01. The van der Waals surface area contributed by atoms with Crippen molar-refractivity contribution in [1.82, 2.24) is 5.32 Å². The third kappa shape index (κ3) is 3.38. The first kappa shape index (κ1) is 20.5. The van der Waals surface area contributed by atoms with Crippen molar-refractivity contribution >= 4 is 11.7 Å². The van der Waals surface area contributed by atoms with Crippen molar-refractivity contribution in [2.24, 2.45) is 52.6 Å². The second kappa shape index (κ2) is 7.67. The molecule has 1 amide bonds. The van der Waals surface area contributed by atoms with Crippen LogP contribution in [0.3, 0.4) is 0 Å². The molecule has 3 aliphatic carbocycles. The number of allylic oxidation sites excluding steroid dienone is 1. The van der Waals surface area contributed by atoms with E-state index in [1.807, 2.05) is 19.9 Å². The van der Waals surface area contributed by atoms with Gasteiger partial charge in [-0.25, -0.2) is 0 Å². The highest BCUT2D eigenvalue weighted by Crippen LogP contribution is 2.59. The zero-order chi connectivity index (χ0) is 19.9. The Morgan fingerprint density at radius 3 is 2.70 bits per heavy atom. The van der Waals surface area contributed by atoms with Crippen LogP contribution < -0.4 is 11.1 Å². The molecule has 27 heavy (non-hydrogen) atoms. The van der Waals surface area contributed by atoms with Crippen LogP contribution in [0.5, 0.6) is 0 Å². The van der Waals surface area contributed by atoms with Crippen LogP contribution in [0.2, 0.25) is 0 Å². The van der Waals surface area contributed by atoms with E-state index in [0.717, 1.165) is 19.3 Å². The highest BCUT2D eigenvalue weighted by Gasteiger charge is 2.57. The van der Waals surface area contributed by atoms with Crippen molar-refractivity contribution in [3.05, 3.63) is 12.7 Å². The highest BCUT2D eigenvalue weighted by molar-refractivity contribution is 5.85. The number of carbonyl (C=O) groups is 2. The minimum Gasteiger partial charge on any atom is -0.385 e. The second-order valence-electron chi connectivity index (χ2n) is 9.70. The lowest BCUT2D eigenvalue weighted by molar-refractivity contribution is -0.163. The molecule has 0 aliphatic heterocycles. The van der Waals surface area contributed by atoms with E-state index in [0.29, 0.717) is 49.1 Å². The Hall–Kier alpha value is -1.20. The van der Waals surface area contributed by atoms with Crippen LogP contribution in [0.4, 0.5) is 0 Å². The van der Waals surface area contributed by atoms with Crippen molar-refractivity contribution in [3.63, 3.8) is 0 Å². The van der Waals surface area contributed by atoms with Gasteiger partial charge >= 0.3 is 0 Å². The first-order valence-corrected chi connectivity index (χ1v) is 10.5. The Morgan fingerprint density at radius 1 is 1.37 bits per heavy atom. The average molecular weight is 377 g/mol. The zero-order valence-corrected chi connectivity index (χ0v) is 17.0. The lowest BCUT2D eigenvalue weighted by atomic mass is 9.46. The Labute approximate surface area is 163 Å². The van der Waals surface area contributed by atoms with E-state index in [9.17, 15) is 14.7 Å². The number of amides is 1. The molecule has 0 aromatic carbocycles. The summed E-state index contributed by atoms with van der Waals surface area (Å²) >= 11 is 0. The van der Waals surface area contributed by atoms with E-state index in [1.165, 1.54) is 0 Å². The van der Waals surface area contributed by atoms with E-state index in [1.54, 1.807) is 0 Å². The van der Waals surface area contributed by atoms with Gasteiger partial charge in [-0.1, -0.05) is 26.8 Å². The van der Waals surface area contributed by atoms with Gasteiger partial charge in [0.25, 0.3) is 0 Å². The molecule has 5 nitrogen and oxygen atoms in total. The Balaban J connectivity index is 1.87. The molecule has 7 unspecified atom stereocenters. The van der Waals surface area contributed by atoms with Gasteiger partial charge in [0.15, 0.2) is 5.78 Å². The van der Waals surface area contributed by atoms with Crippen LogP contribution in [0.1, 0.15) is 46.5 Å². The van der Waals surface area contributed by atoms with Gasteiger partial charge in [0.1, 0.15) is 6.10 Å². The van der Waals surface area contributed by atoms with Crippen molar-refractivity contribution in [3.8, 4) is 0 Å². The van der Waals surface area contributed by atoms with Crippen molar-refractivity contribution < 1.29 is 14.7 Å². The van der Waals surface area contributed by atoms with E-state index < -0.39 is 6.10 Å². The monoisotopic (exact) mass is 376 g/mol. The van der Waals surface area contributed by atoms with E-state index in [-0.39, 0.29) is 28.9 Å². The first-order chi connectivity index (χ1) is 12.7. The summed E-state index contributed by atoms with van der Waals surface area (Å²) in [6.07, 6.45) is 4.49. The molecule has 0 heterocycles. The number of carbonyl (C=O) groups excluding carboxylic acids is 2. The number of fused-ring (bicyclic) bond motifs is 3. The fourth-order valence-electron chi connectivity index (χ4n) is 6.78. The van der Waals surface area contributed by atoms with Crippen LogP contribution in [0, 0.1) is 46.8 Å². The first-order valence-electron chi connectivity index (χ1n) is 10.5.